The van der Waals surface area contributed by atoms with Crippen LogP contribution in [-0.4, -0.2) is 25.0 Å². The number of benzene rings is 2. The molecule has 0 bridgehead atoms. The molecule has 0 aliphatic rings. The third-order valence-corrected chi connectivity index (χ3v) is 5.06. The van der Waals surface area contributed by atoms with Gasteiger partial charge in [0.25, 0.3) is 5.91 Å². The first-order valence-corrected chi connectivity index (χ1v) is 10.6. The van der Waals surface area contributed by atoms with Gasteiger partial charge in [-0.3, -0.25) is 9.36 Å². The SMILES string of the molecule is CCn1c(=O)nc(Nc2ccc(Oc3ccc(C(N)=O)nc3)cc2)n(Cc2ccc(F)cc2)c1=O. The van der Waals surface area contributed by atoms with E-state index in [0.717, 1.165) is 4.57 Å². The van der Waals surface area contributed by atoms with E-state index in [9.17, 15) is 18.8 Å². The van der Waals surface area contributed by atoms with Gasteiger partial charge in [0.15, 0.2) is 0 Å². The lowest BCUT2D eigenvalue weighted by Gasteiger charge is -2.15. The number of hydrogen-bond donors (Lipinski definition) is 2. The van der Waals surface area contributed by atoms with E-state index in [2.05, 4.69) is 15.3 Å². The van der Waals surface area contributed by atoms with Gasteiger partial charge in [0, 0.05) is 12.2 Å². The van der Waals surface area contributed by atoms with Crippen LogP contribution in [0, 0.1) is 5.82 Å². The number of carbonyl (C=O) groups is 1. The maximum absolute atomic E-state index is 13.3. The number of ether oxygens (including phenoxy) is 1. The molecule has 0 aliphatic carbocycles. The van der Waals surface area contributed by atoms with Gasteiger partial charge < -0.3 is 15.8 Å². The van der Waals surface area contributed by atoms with Crippen molar-refractivity contribution in [1.29, 1.82) is 0 Å². The summed E-state index contributed by atoms with van der Waals surface area (Å²) in [4.78, 5) is 44.4. The van der Waals surface area contributed by atoms with Gasteiger partial charge in [0.1, 0.15) is 23.0 Å². The lowest BCUT2D eigenvalue weighted by atomic mass is 10.2. The predicted molar refractivity (Wildman–Crippen MR) is 126 cm³/mol. The van der Waals surface area contributed by atoms with E-state index in [1.807, 2.05) is 0 Å². The minimum Gasteiger partial charge on any atom is -0.456 e. The largest absolute Gasteiger partial charge is 0.456 e. The summed E-state index contributed by atoms with van der Waals surface area (Å²) in [7, 11) is 0. The molecule has 0 radical (unpaired) electrons. The lowest BCUT2D eigenvalue weighted by molar-refractivity contribution is 0.0995. The lowest BCUT2D eigenvalue weighted by Crippen LogP contribution is -2.42. The molecule has 0 atom stereocenters. The van der Waals surface area contributed by atoms with Gasteiger partial charge in [-0.1, -0.05) is 12.1 Å². The number of nitrogens with zero attached hydrogens (tertiary/aromatic N) is 4. The van der Waals surface area contributed by atoms with Gasteiger partial charge in [-0.05, 0) is 61.0 Å². The summed E-state index contributed by atoms with van der Waals surface area (Å²) < 4.78 is 21.3. The predicted octanol–water partition coefficient (Wildman–Crippen LogP) is 2.64. The molecular formula is C24H21FN6O4. The van der Waals surface area contributed by atoms with Crippen LogP contribution < -0.4 is 27.2 Å². The first-order chi connectivity index (χ1) is 16.8. The molecule has 2 aromatic heterocycles. The second kappa shape index (κ2) is 10.00. The van der Waals surface area contributed by atoms with E-state index in [4.69, 9.17) is 10.5 Å². The first kappa shape index (κ1) is 23.4. The molecule has 0 spiro atoms. The normalized spacial score (nSPS) is 10.7. The van der Waals surface area contributed by atoms with Crippen molar-refractivity contribution < 1.29 is 13.9 Å². The van der Waals surface area contributed by atoms with Gasteiger partial charge >= 0.3 is 11.4 Å². The Labute approximate surface area is 198 Å². The first-order valence-electron chi connectivity index (χ1n) is 10.6. The molecule has 1 amide bonds. The highest BCUT2D eigenvalue weighted by molar-refractivity contribution is 5.90. The minimum atomic E-state index is -0.679. The number of nitrogens with two attached hydrogens (primary N) is 1. The van der Waals surface area contributed by atoms with Crippen molar-refractivity contribution in [2.75, 3.05) is 5.32 Å². The van der Waals surface area contributed by atoms with Gasteiger partial charge in [-0.25, -0.2) is 23.5 Å². The monoisotopic (exact) mass is 476 g/mol. The Bertz CT molecular complexity index is 1460. The van der Waals surface area contributed by atoms with Crippen LogP contribution >= 0.6 is 0 Å². The van der Waals surface area contributed by atoms with E-state index >= 15 is 0 Å². The molecule has 0 saturated heterocycles. The van der Waals surface area contributed by atoms with Crippen molar-refractivity contribution in [2.24, 2.45) is 5.73 Å². The quantitative estimate of drug-likeness (QED) is 0.399. The van der Waals surface area contributed by atoms with Crippen molar-refractivity contribution in [3.05, 3.63) is 105 Å². The van der Waals surface area contributed by atoms with Gasteiger partial charge in [-0.15, -0.1) is 0 Å². The molecule has 0 saturated carbocycles. The fourth-order valence-corrected chi connectivity index (χ4v) is 3.27. The summed E-state index contributed by atoms with van der Waals surface area (Å²) in [5, 5.41) is 2.99. The van der Waals surface area contributed by atoms with Crippen LogP contribution in [0.4, 0.5) is 16.0 Å². The molecule has 0 fully saturated rings. The molecule has 11 heteroatoms. The number of rotatable bonds is 8. The zero-order chi connectivity index (χ0) is 24.9. The highest BCUT2D eigenvalue weighted by Crippen LogP contribution is 2.23. The van der Waals surface area contributed by atoms with Crippen LogP contribution in [0.5, 0.6) is 11.5 Å². The van der Waals surface area contributed by atoms with E-state index in [1.54, 1.807) is 49.4 Å². The van der Waals surface area contributed by atoms with Crippen LogP contribution in [0.2, 0.25) is 0 Å². The minimum absolute atomic E-state index is 0.0499. The zero-order valence-corrected chi connectivity index (χ0v) is 18.6. The van der Waals surface area contributed by atoms with Crippen LogP contribution in [0.25, 0.3) is 0 Å². The van der Waals surface area contributed by atoms with Crippen LogP contribution in [-0.2, 0) is 13.1 Å². The van der Waals surface area contributed by atoms with E-state index in [1.165, 1.54) is 29.0 Å². The van der Waals surface area contributed by atoms with Crippen LogP contribution in [0.15, 0.2) is 76.4 Å². The molecular weight excluding hydrogens is 455 g/mol. The Morgan fingerprint density at radius 2 is 1.69 bits per heavy atom. The number of nitrogens with one attached hydrogen (secondary N) is 1. The molecule has 2 aromatic carbocycles. The van der Waals surface area contributed by atoms with Gasteiger partial charge in [-0.2, -0.15) is 4.98 Å². The summed E-state index contributed by atoms with van der Waals surface area (Å²) in [5.74, 6) is -0.0760. The summed E-state index contributed by atoms with van der Waals surface area (Å²) in [6.45, 7) is 1.93. The van der Waals surface area contributed by atoms with E-state index < -0.39 is 23.1 Å². The number of pyridine rings is 1. The summed E-state index contributed by atoms with van der Waals surface area (Å²) >= 11 is 0. The Morgan fingerprint density at radius 3 is 2.29 bits per heavy atom. The van der Waals surface area contributed by atoms with E-state index in [0.29, 0.717) is 22.7 Å². The number of primary amides is 1. The number of halogens is 1. The topological polar surface area (TPSA) is 134 Å². The fraction of sp³-hybridized carbons (Fsp3) is 0.125. The average molecular weight is 476 g/mol. The number of hydrogen-bond acceptors (Lipinski definition) is 7. The average Bonchev–Trinajstić information content (AvgIpc) is 2.84. The zero-order valence-electron chi connectivity index (χ0n) is 18.6. The maximum atomic E-state index is 13.3. The van der Waals surface area contributed by atoms with Gasteiger partial charge in [0.2, 0.25) is 5.95 Å². The second-order valence-electron chi connectivity index (χ2n) is 7.45. The highest BCUT2D eigenvalue weighted by atomic mass is 19.1. The number of anilines is 2. The van der Waals surface area contributed by atoms with Crippen LogP contribution in [0.1, 0.15) is 23.0 Å². The highest BCUT2D eigenvalue weighted by Gasteiger charge is 2.13. The van der Waals surface area contributed by atoms with Crippen molar-refractivity contribution in [3.63, 3.8) is 0 Å². The molecule has 0 aliphatic heterocycles. The maximum Gasteiger partial charge on any atom is 0.354 e. The number of aromatic nitrogens is 4. The van der Waals surface area contributed by atoms with Gasteiger partial charge in [0.05, 0.1) is 12.7 Å². The van der Waals surface area contributed by atoms with Crippen molar-refractivity contribution in [2.45, 2.75) is 20.0 Å². The molecule has 35 heavy (non-hydrogen) atoms. The molecule has 178 valence electrons. The molecule has 4 aromatic rings. The molecule has 10 nitrogen and oxygen atoms in total. The van der Waals surface area contributed by atoms with Crippen LogP contribution in [0.3, 0.4) is 0 Å². The summed E-state index contributed by atoms with van der Waals surface area (Å²) in [5.41, 5.74) is 5.31. The second-order valence-corrected chi connectivity index (χ2v) is 7.45. The number of amides is 1. The third kappa shape index (κ3) is 5.41. The Morgan fingerprint density at radius 1 is 1.00 bits per heavy atom. The molecule has 4 rings (SSSR count). The van der Waals surface area contributed by atoms with Crippen molar-refractivity contribution >= 4 is 17.5 Å². The fourth-order valence-electron chi connectivity index (χ4n) is 3.27. The van der Waals surface area contributed by atoms with E-state index in [-0.39, 0.29) is 24.7 Å². The Hall–Kier alpha value is -4.80. The molecule has 3 N–H and O–H groups in total. The third-order valence-electron chi connectivity index (χ3n) is 5.06. The Kier molecular flexibility index (Phi) is 6.67. The summed E-state index contributed by atoms with van der Waals surface area (Å²) in [6.07, 6.45) is 1.38. The molecule has 2 heterocycles. The summed E-state index contributed by atoms with van der Waals surface area (Å²) in [6, 6.07) is 15.4. The standard InChI is InChI=1S/C24H21FN6O4/c1-2-30-23(33)29-22(31(24(30)34)14-15-3-5-16(25)6-4-15)28-17-7-9-18(10-8-17)35-19-11-12-20(21(26)32)27-13-19/h3-13H,2,14H2,1H3,(H2,26,32)(H,28,29,33). The Balaban J connectivity index is 1.58. The van der Waals surface area contributed by atoms with Crippen molar-refractivity contribution in [1.82, 2.24) is 19.1 Å². The number of carbonyl (C=O) groups excluding carboxylic acids is 1. The molecule has 0 unspecified atom stereocenters. The van der Waals surface area contributed by atoms with Crippen molar-refractivity contribution in [3.8, 4) is 11.5 Å². The smallest absolute Gasteiger partial charge is 0.354 e.